The van der Waals surface area contributed by atoms with Crippen molar-refractivity contribution >= 4 is 50.9 Å². The van der Waals surface area contributed by atoms with Crippen LogP contribution < -0.4 is 15.0 Å². The summed E-state index contributed by atoms with van der Waals surface area (Å²) in [5, 5.41) is 2.50. The Kier molecular flexibility index (Phi) is 10.0. The second kappa shape index (κ2) is 12.1. The number of nitrogens with zero attached hydrogens (tertiary/aromatic N) is 3. The van der Waals surface area contributed by atoms with E-state index in [0.717, 1.165) is 6.07 Å². The molecular formula is C24H29BrClF3N4O3. The van der Waals surface area contributed by atoms with Gasteiger partial charge in [-0.15, -0.1) is 13.2 Å². The molecule has 12 heteroatoms. The van der Waals surface area contributed by atoms with Gasteiger partial charge in [-0.2, -0.15) is 0 Å². The summed E-state index contributed by atoms with van der Waals surface area (Å²) in [7, 11) is 0. The first kappa shape index (κ1) is 29.7. The number of halogens is 5. The summed E-state index contributed by atoms with van der Waals surface area (Å²) in [6.07, 6.45) is -3.53. The number of carbonyl (C=O) groups excluding carboxylic acids is 2. The monoisotopic (exact) mass is 592 g/mol. The van der Waals surface area contributed by atoms with Crippen LogP contribution in [0.15, 0.2) is 34.9 Å². The van der Waals surface area contributed by atoms with Gasteiger partial charge in [-0.1, -0.05) is 46.2 Å². The van der Waals surface area contributed by atoms with Crippen molar-refractivity contribution in [3.8, 4) is 5.75 Å². The number of pyridine rings is 1. The van der Waals surface area contributed by atoms with Gasteiger partial charge in [-0.05, 0) is 34.1 Å². The highest BCUT2D eigenvalue weighted by molar-refractivity contribution is 9.10. The van der Waals surface area contributed by atoms with Gasteiger partial charge >= 0.3 is 6.36 Å². The maximum atomic E-state index is 12.6. The number of anilines is 2. The summed E-state index contributed by atoms with van der Waals surface area (Å²) in [6.45, 7) is 12.0. The van der Waals surface area contributed by atoms with E-state index in [4.69, 9.17) is 11.6 Å². The number of carbonyl (C=O) groups is 2. The first-order valence-electron chi connectivity index (χ1n) is 11.3. The van der Waals surface area contributed by atoms with Crippen LogP contribution in [0.3, 0.4) is 0 Å². The van der Waals surface area contributed by atoms with Crippen LogP contribution in [0, 0.1) is 5.41 Å². The zero-order valence-electron chi connectivity index (χ0n) is 20.7. The van der Waals surface area contributed by atoms with Gasteiger partial charge in [-0.25, -0.2) is 4.98 Å². The van der Waals surface area contributed by atoms with Crippen LogP contribution in [-0.2, 0) is 4.79 Å². The molecule has 1 aromatic heterocycles. The maximum absolute atomic E-state index is 12.6. The van der Waals surface area contributed by atoms with Crippen LogP contribution in [0.5, 0.6) is 5.75 Å². The Morgan fingerprint density at radius 1 is 1.08 bits per heavy atom. The van der Waals surface area contributed by atoms with Crippen LogP contribution in [0.25, 0.3) is 0 Å². The van der Waals surface area contributed by atoms with E-state index in [-0.39, 0.29) is 26.7 Å². The third-order valence-corrected chi connectivity index (χ3v) is 5.97. The van der Waals surface area contributed by atoms with Crippen molar-refractivity contribution in [3.63, 3.8) is 0 Å². The lowest BCUT2D eigenvalue weighted by Gasteiger charge is -2.38. The van der Waals surface area contributed by atoms with Gasteiger partial charge in [0.15, 0.2) is 0 Å². The Hall–Kier alpha value is -2.53. The number of hydrogen-bond donors (Lipinski definition) is 1. The average Bonchev–Trinajstić information content (AvgIpc) is 2.81. The van der Waals surface area contributed by atoms with E-state index in [2.05, 4.69) is 31.0 Å². The molecule has 1 aliphatic rings. The van der Waals surface area contributed by atoms with Gasteiger partial charge in [0.1, 0.15) is 11.6 Å². The molecule has 0 aliphatic carbocycles. The minimum atomic E-state index is -4.90. The molecule has 2 amide bonds. The Morgan fingerprint density at radius 3 is 2.19 bits per heavy atom. The standard InChI is InChI=1S/C22H23BrClF3N4O3.C2H6/c1-21(2,3)20(33)31-8-6-30(7-9-31)18-5-4-13(12-28-18)19(32)29-16-11-17(34-22(25,26)27)14(23)10-15(16)24;1-2/h4-5,10-12H,6-9H2,1-3H3,(H,29,32);1-2H3. The van der Waals surface area contributed by atoms with Crippen molar-refractivity contribution in [3.05, 3.63) is 45.5 Å². The van der Waals surface area contributed by atoms with Gasteiger partial charge in [-0.3, -0.25) is 9.59 Å². The van der Waals surface area contributed by atoms with Crippen molar-refractivity contribution in [1.29, 1.82) is 0 Å². The van der Waals surface area contributed by atoms with Gasteiger partial charge in [0.25, 0.3) is 5.91 Å². The summed E-state index contributed by atoms with van der Waals surface area (Å²) in [4.78, 5) is 33.2. The smallest absolute Gasteiger partial charge is 0.405 e. The van der Waals surface area contributed by atoms with E-state index < -0.39 is 23.4 Å². The number of ether oxygens (including phenoxy) is 1. The lowest BCUT2D eigenvalue weighted by molar-refractivity contribution is -0.274. The van der Waals surface area contributed by atoms with Crippen molar-refractivity contribution in [2.45, 2.75) is 41.0 Å². The maximum Gasteiger partial charge on any atom is 0.573 e. The first-order valence-corrected chi connectivity index (χ1v) is 12.5. The number of piperazine rings is 1. The molecule has 0 radical (unpaired) electrons. The minimum Gasteiger partial charge on any atom is -0.405 e. The molecule has 0 bridgehead atoms. The number of amides is 2. The highest BCUT2D eigenvalue weighted by Crippen LogP contribution is 2.37. The summed E-state index contributed by atoms with van der Waals surface area (Å²) in [5.41, 5.74) is -0.285. The topological polar surface area (TPSA) is 74.8 Å². The average molecular weight is 594 g/mol. The zero-order valence-corrected chi connectivity index (χ0v) is 23.0. The van der Waals surface area contributed by atoms with Crippen molar-refractivity contribution < 1.29 is 27.5 Å². The van der Waals surface area contributed by atoms with Gasteiger partial charge in [0, 0.05) is 43.9 Å². The summed E-state index contributed by atoms with van der Waals surface area (Å²) >= 11 is 9.01. The number of hydrogen-bond acceptors (Lipinski definition) is 5. The fraction of sp³-hybridized carbons (Fsp3) is 0.458. The molecule has 1 aliphatic heterocycles. The molecule has 36 heavy (non-hydrogen) atoms. The third kappa shape index (κ3) is 7.99. The molecular weight excluding hydrogens is 565 g/mol. The molecule has 2 aromatic rings. The Bertz CT molecular complexity index is 1070. The van der Waals surface area contributed by atoms with Crippen molar-refractivity contribution in [1.82, 2.24) is 9.88 Å². The summed E-state index contributed by atoms with van der Waals surface area (Å²) in [6, 6.07) is 5.42. The number of aromatic nitrogens is 1. The van der Waals surface area contributed by atoms with E-state index in [0.29, 0.717) is 32.0 Å². The van der Waals surface area contributed by atoms with E-state index in [1.807, 2.05) is 44.4 Å². The third-order valence-electron chi connectivity index (χ3n) is 5.04. The largest absolute Gasteiger partial charge is 0.573 e. The SMILES string of the molecule is CC.CC(C)(C)C(=O)N1CCN(c2ccc(C(=O)Nc3cc(OC(F)(F)F)c(Br)cc3Cl)cn2)CC1. The molecule has 0 atom stereocenters. The summed E-state index contributed by atoms with van der Waals surface area (Å²) in [5.74, 6) is -0.379. The predicted molar refractivity (Wildman–Crippen MR) is 138 cm³/mol. The lowest BCUT2D eigenvalue weighted by Crippen LogP contribution is -2.51. The van der Waals surface area contributed by atoms with Crippen LogP contribution in [0.4, 0.5) is 24.7 Å². The molecule has 1 aromatic carbocycles. The van der Waals surface area contributed by atoms with E-state index >= 15 is 0 Å². The normalized spacial score (nSPS) is 14.1. The number of benzene rings is 1. The molecule has 7 nitrogen and oxygen atoms in total. The second-order valence-corrected chi connectivity index (χ2v) is 9.96. The highest BCUT2D eigenvalue weighted by atomic mass is 79.9. The van der Waals surface area contributed by atoms with E-state index in [1.54, 1.807) is 12.1 Å². The van der Waals surface area contributed by atoms with Crippen molar-refractivity contribution in [2.24, 2.45) is 5.41 Å². The molecule has 3 rings (SSSR count). The van der Waals surface area contributed by atoms with E-state index in [1.165, 1.54) is 12.3 Å². The van der Waals surface area contributed by atoms with Crippen LogP contribution in [0.2, 0.25) is 5.02 Å². The first-order chi connectivity index (χ1) is 16.7. The lowest BCUT2D eigenvalue weighted by atomic mass is 9.94. The zero-order chi connectivity index (χ0) is 27.3. The van der Waals surface area contributed by atoms with Crippen LogP contribution >= 0.6 is 27.5 Å². The Labute approximate surface area is 222 Å². The number of alkyl halides is 3. The molecule has 0 spiro atoms. The van der Waals surface area contributed by atoms with Gasteiger partial charge in [0.2, 0.25) is 5.91 Å². The molecule has 0 saturated carbocycles. The fourth-order valence-electron chi connectivity index (χ4n) is 3.34. The van der Waals surface area contributed by atoms with Crippen LogP contribution in [0.1, 0.15) is 45.0 Å². The quantitative estimate of drug-likeness (QED) is 0.446. The molecule has 2 heterocycles. The minimum absolute atomic E-state index is 0.0110. The van der Waals surface area contributed by atoms with Gasteiger partial charge < -0.3 is 19.9 Å². The van der Waals surface area contributed by atoms with E-state index in [9.17, 15) is 22.8 Å². The highest BCUT2D eigenvalue weighted by Gasteiger charge is 2.33. The van der Waals surface area contributed by atoms with Crippen LogP contribution in [-0.4, -0.2) is 54.2 Å². The van der Waals surface area contributed by atoms with Crippen molar-refractivity contribution in [2.75, 3.05) is 36.4 Å². The molecule has 1 N–H and O–H groups in total. The second-order valence-electron chi connectivity index (χ2n) is 8.70. The summed E-state index contributed by atoms with van der Waals surface area (Å²) < 4.78 is 41.7. The molecule has 0 unspecified atom stereocenters. The molecule has 1 saturated heterocycles. The molecule has 1 fully saturated rings. The molecule has 198 valence electrons. The fourth-order valence-corrected chi connectivity index (χ4v) is 4.11. The van der Waals surface area contributed by atoms with Gasteiger partial charge in [0.05, 0.1) is 20.7 Å². The number of nitrogens with one attached hydrogen (secondary N) is 1. The predicted octanol–water partition coefficient (Wildman–Crippen LogP) is 6.37. The Balaban J connectivity index is 0.00000222. The number of rotatable bonds is 4. The Morgan fingerprint density at radius 2 is 1.69 bits per heavy atom.